The zero-order valence-corrected chi connectivity index (χ0v) is 10.3. The van der Waals surface area contributed by atoms with Crippen molar-refractivity contribution in [2.75, 3.05) is 6.61 Å². The van der Waals surface area contributed by atoms with Crippen molar-refractivity contribution in [2.45, 2.75) is 13.5 Å². The van der Waals surface area contributed by atoms with E-state index in [2.05, 4.69) is 9.72 Å². The summed E-state index contributed by atoms with van der Waals surface area (Å²) in [5, 5.41) is 9.02. The Morgan fingerprint density at radius 2 is 2.16 bits per heavy atom. The number of carbonyl (C=O) groups is 2. The van der Waals surface area contributed by atoms with E-state index in [4.69, 9.17) is 5.26 Å². The van der Waals surface area contributed by atoms with Gasteiger partial charge in [-0.3, -0.25) is 9.59 Å². The van der Waals surface area contributed by atoms with Gasteiger partial charge >= 0.3 is 5.97 Å². The number of nitrogens with zero attached hydrogens (tertiary/aromatic N) is 3. The summed E-state index contributed by atoms with van der Waals surface area (Å²) in [4.78, 5) is 26.5. The summed E-state index contributed by atoms with van der Waals surface area (Å²) in [6.45, 7) is 0.893. The van der Waals surface area contributed by atoms with Crippen LogP contribution in [0.2, 0.25) is 0 Å². The number of Topliss-reactive ketones (excluding diaryl/α,β-unsaturated/α-hetero) is 1. The number of nitriles is 1. The highest BCUT2D eigenvalue weighted by Gasteiger charge is 2.13. The highest BCUT2D eigenvalue weighted by molar-refractivity contribution is 5.84. The van der Waals surface area contributed by atoms with Crippen LogP contribution in [-0.2, 0) is 20.9 Å². The summed E-state index contributed by atoms with van der Waals surface area (Å²) in [5.41, 5.74) is 1.36. The molecule has 0 saturated heterocycles. The minimum absolute atomic E-state index is 0.0450. The third-order valence-electron chi connectivity index (χ3n) is 2.53. The van der Waals surface area contributed by atoms with Gasteiger partial charge in [0, 0.05) is 6.92 Å². The molecule has 0 aliphatic heterocycles. The third-order valence-corrected chi connectivity index (χ3v) is 2.53. The SMILES string of the molecule is CC(=O)OCC(=O)Cn1c(C#N)nc2ccccc21. The van der Waals surface area contributed by atoms with Crippen LogP contribution >= 0.6 is 0 Å². The maximum atomic E-state index is 11.7. The molecule has 19 heavy (non-hydrogen) atoms. The van der Waals surface area contributed by atoms with E-state index >= 15 is 0 Å². The van der Waals surface area contributed by atoms with Gasteiger partial charge in [-0.2, -0.15) is 5.26 Å². The van der Waals surface area contributed by atoms with E-state index < -0.39 is 5.97 Å². The minimum atomic E-state index is -0.510. The van der Waals surface area contributed by atoms with Gasteiger partial charge in [0.05, 0.1) is 17.6 Å². The maximum Gasteiger partial charge on any atom is 0.303 e. The number of imidazole rings is 1. The molecule has 0 spiro atoms. The molecule has 0 saturated carbocycles. The number of carbonyl (C=O) groups excluding carboxylic acids is 2. The van der Waals surface area contributed by atoms with Gasteiger partial charge in [0.1, 0.15) is 6.07 Å². The summed E-state index contributed by atoms with van der Waals surface area (Å²) in [6, 6.07) is 9.11. The van der Waals surface area contributed by atoms with E-state index in [1.54, 1.807) is 18.2 Å². The van der Waals surface area contributed by atoms with Crippen LogP contribution < -0.4 is 0 Å². The van der Waals surface area contributed by atoms with Crippen molar-refractivity contribution in [2.24, 2.45) is 0 Å². The average Bonchev–Trinajstić information content (AvgIpc) is 2.75. The number of benzene rings is 1. The van der Waals surface area contributed by atoms with Crippen molar-refractivity contribution in [3.63, 3.8) is 0 Å². The van der Waals surface area contributed by atoms with E-state index in [0.29, 0.717) is 11.0 Å². The van der Waals surface area contributed by atoms with Crippen LogP contribution in [0.15, 0.2) is 24.3 Å². The van der Waals surface area contributed by atoms with Crippen molar-refractivity contribution < 1.29 is 14.3 Å². The number of ether oxygens (including phenoxy) is 1. The molecule has 0 N–H and O–H groups in total. The van der Waals surface area contributed by atoms with Crippen LogP contribution in [0.5, 0.6) is 0 Å². The van der Waals surface area contributed by atoms with Crippen LogP contribution in [0.4, 0.5) is 0 Å². The molecular weight excluding hydrogens is 246 g/mol. The van der Waals surface area contributed by atoms with E-state index in [1.807, 2.05) is 12.1 Å². The molecule has 0 bridgehead atoms. The van der Waals surface area contributed by atoms with Gasteiger partial charge in [0.2, 0.25) is 5.82 Å². The number of rotatable bonds is 4. The Balaban J connectivity index is 2.27. The lowest BCUT2D eigenvalue weighted by Gasteiger charge is -2.05. The molecule has 96 valence electrons. The number of ketones is 1. The molecule has 6 nitrogen and oxygen atoms in total. The quantitative estimate of drug-likeness (QED) is 0.764. The van der Waals surface area contributed by atoms with Crippen LogP contribution in [0.1, 0.15) is 12.7 Å². The zero-order valence-electron chi connectivity index (χ0n) is 10.3. The molecule has 0 unspecified atom stereocenters. The lowest BCUT2D eigenvalue weighted by molar-refractivity contribution is -0.145. The highest BCUT2D eigenvalue weighted by Crippen LogP contribution is 2.15. The van der Waals surface area contributed by atoms with Crippen molar-refractivity contribution in [1.82, 2.24) is 9.55 Å². The highest BCUT2D eigenvalue weighted by atomic mass is 16.5. The van der Waals surface area contributed by atoms with Crippen LogP contribution in [0.25, 0.3) is 11.0 Å². The maximum absolute atomic E-state index is 11.7. The third kappa shape index (κ3) is 2.77. The molecule has 1 aromatic carbocycles. The van der Waals surface area contributed by atoms with Crippen LogP contribution in [0.3, 0.4) is 0 Å². The normalized spacial score (nSPS) is 10.1. The molecule has 0 atom stereocenters. The van der Waals surface area contributed by atoms with Gasteiger partial charge < -0.3 is 9.30 Å². The predicted molar refractivity (Wildman–Crippen MR) is 66.1 cm³/mol. The van der Waals surface area contributed by atoms with Crippen molar-refractivity contribution in [1.29, 1.82) is 5.26 Å². The Morgan fingerprint density at radius 1 is 1.42 bits per heavy atom. The summed E-state index contributed by atoms with van der Waals surface area (Å²) >= 11 is 0. The Hall–Kier alpha value is -2.68. The second-order valence-electron chi connectivity index (χ2n) is 3.94. The molecule has 0 aliphatic carbocycles. The minimum Gasteiger partial charge on any atom is -0.458 e. The van der Waals surface area contributed by atoms with Gasteiger partial charge in [-0.1, -0.05) is 12.1 Å². The second kappa shape index (κ2) is 5.31. The summed E-state index contributed by atoms with van der Waals surface area (Å²) in [6.07, 6.45) is 0. The monoisotopic (exact) mass is 257 g/mol. The summed E-state index contributed by atoms with van der Waals surface area (Å²) in [7, 11) is 0. The average molecular weight is 257 g/mol. The topological polar surface area (TPSA) is 85.0 Å². The predicted octanol–water partition coefficient (Wildman–Crippen LogP) is 1.04. The largest absolute Gasteiger partial charge is 0.458 e. The molecule has 2 aromatic rings. The van der Waals surface area contributed by atoms with Gasteiger partial charge in [0.25, 0.3) is 0 Å². The standard InChI is InChI=1S/C13H11N3O3/c1-9(17)19-8-10(18)7-16-12-5-3-2-4-11(12)15-13(16)6-14/h2-5H,7-8H2,1H3. The Morgan fingerprint density at radius 3 is 2.84 bits per heavy atom. The van der Waals surface area contributed by atoms with Crippen molar-refractivity contribution in [3.8, 4) is 6.07 Å². The first-order chi connectivity index (χ1) is 9.11. The molecule has 2 rings (SSSR count). The van der Waals surface area contributed by atoms with Gasteiger partial charge in [-0.25, -0.2) is 4.98 Å². The molecule has 0 fully saturated rings. The number of aromatic nitrogens is 2. The lowest BCUT2D eigenvalue weighted by Crippen LogP contribution is -2.18. The summed E-state index contributed by atoms with van der Waals surface area (Å²) < 4.78 is 6.15. The smallest absolute Gasteiger partial charge is 0.303 e. The van der Waals surface area contributed by atoms with E-state index in [9.17, 15) is 9.59 Å². The first-order valence-electron chi connectivity index (χ1n) is 5.62. The lowest BCUT2D eigenvalue weighted by atomic mass is 10.3. The first-order valence-corrected chi connectivity index (χ1v) is 5.62. The fourth-order valence-corrected chi connectivity index (χ4v) is 1.73. The fourth-order valence-electron chi connectivity index (χ4n) is 1.73. The molecular formula is C13H11N3O3. The zero-order chi connectivity index (χ0) is 13.8. The van der Waals surface area contributed by atoms with Gasteiger partial charge in [-0.15, -0.1) is 0 Å². The van der Waals surface area contributed by atoms with Crippen molar-refractivity contribution >= 4 is 22.8 Å². The van der Waals surface area contributed by atoms with E-state index in [0.717, 1.165) is 0 Å². The number of para-hydroxylation sites is 2. The van der Waals surface area contributed by atoms with Crippen LogP contribution in [-0.4, -0.2) is 27.9 Å². The Kier molecular flexibility index (Phi) is 3.57. The van der Waals surface area contributed by atoms with Gasteiger partial charge in [-0.05, 0) is 12.1 Å². The fraction of sp³-hybridized carbons (Fsp3) is 0.231. The molecule has 1 aromatic heterocycles. The molecule has 1 heterocycles. The molecule has 0 aliphatic rings. The molecule has 6 heteroatoms. The van der Waals surface area contributed by atoms with E-state index in [1.165, 1.54) is 11.5 Å². The summed E-state index contributed by atoms with van der Waals surface area (Å²) in [5.74, 6) is -0.642. The molecule has 0 radical (unpaired) electrons. The Bertz CT molecular complexity index is 682. The molecule has 0 amide bonds. The van der Waals surface area contributed by atoms with Crippen molar-refractivity contribution in [3.05, 3.63) is 30.1 Å². The first kappa shape index (κ1) is 12.8. The van der Waals surface area contributed by atoms with E-state index in [-0.39, 0.29) is 24.8 Å². The Labute approximate surface area is 109 Å². The number of fused-ring (bicyclic) bond motifs is 1. The number of esters is 1. The second-order valence-corrected chi connectivity index (χ2v) is 3.94. The van der Waals surface area contributed by atoms with Gasteiger partial charge in [0.15, 0.2) is 12.4 Å². The van der Waals surface area contributed by atoms with Crippen LogP contribution in [0, 0.1) is 11.3 Å². The number of hydrogen-bond donors (Lipinski definition) is 0. The number of hydrogen-bond acceptors (Lipinski definition) is 5.